The molecule has 0 aliphatic rings. The van der Waals surface area contributed by atoms with Gasteiger partial charge in [0.2, 0.25) is 0 Å². The van der Waals surface area contributed by atoms with E-state index in [2.05, 4.69) is 14.8 Å². The van der Waals surface area contributed by atoms with Crippen molar-refractivity contribution in [3.63, 3.8) is 0 Å². The van der Waals surface area contributed by atoms with Crippen molar-refractivity contribution in [2.24, 2.45) is 0 Å². The third-order valence-corrected chi connectivity index (χ3v) is 2.69. The number of hydrogen-bond acceptors (Lipinski definition) is 4. The van der Waals surface area contributed by atoms with Gasteiger partial charge in [-0.15, -0.1) is 11.3 Å². The summed E-state index contributed by atoms with van der Waals surface area (Å²) in [7, 11) is 1.90. The summed E-state index contributed by atoms with van der Waals surface area (Å²) in [5.41, 5.74) is 0.481. The zero-order valence-corrected chi connectivity index (χ0v) is 9.92. The summed E-state index contributed by atoms with van der Waals surface area (Å²) in [5.74, 6) is 2.91. The highest BCUT2D eigenvalue weighted by Crippen LogP contribution is 2.17. The minimum atomic E-state index is 0.481. The van der Waals surface area contributed by atoms with Crippen molar-refractivity contribution in [3.05, 3.63) is 11.1 Å². The highest BCUT2D eigenvalue weighted by atomic mass is 127. The first kappa shape index (κ1) is 10.5. The number of aldehydes is 1. The van der Waals surface area contributed by atoms with Crippen molar-refractivity contribution in [1.82, 2.24) is 4.98 Å². The Morgan fingerprint density at radius 2 is 2.62 bits per heavy atom. The zero-order valence-electron chi connectivity index (χ0n) is 6.95. The number of anilines is 1. The first-order valence-electron chi connectivity index (χ1n) is 3.48. The van der Waals surface area contributed by atoms with Crippen LogP contribution in [0.3, 0.4) is 0 Å². The molecule has 3 nitrogen and oxygen atoms in total. The Morgan fingerprint density at radius 1 is 1.85 bits per heavy atom. The largest absolute Gasteiger partial charge is 0.340 e. The molecule has 68 valence electrons. The monoisotopic (exact) mass is 306 g/mol. The molecule has 0 aliphatic carbocycles. The topological polar surface area (TPSA) is 33.2 Å². The van der Waals surface area contributed by atoms with Gasteiger partial charge in [-0.1, -0.05) is 5.92 Å². The molecule has 5 heteroatoms. The van der Waals surface area contributed by atoms with Gasteiger partial charge in [0.25, 0.3) is 0 Å². The van der Waals surface area contributed by atoms with Crippen molar-refractivity contribution >= 4 is 45.3 Å². The van der Waals surface area contributed by atoms with Crippen LogP contribution in [0, 0.1) is 9.85 Å². The Bertz CT molecular complexity index is 353. The minimum absolute atomic E-state index is 0.481. The number of carbonyl (C=O) groups excluding carboxylic acids is 1. The molecular weight excluding hydrogens is 299 g/mol. The van der Waals surface area contributed by atoms with Crippen LogP contribution in [0.5, 0.6) is 0 Å². The molecule has 1 aromatic rings. The van der Waals surface area contributed by atoms with Crippen molar-refractivity contribution in [2.75, 3.05) is 18.5 Å². The SMILES string of the molecule is CN(CC#CI)c1nc(C=O)cs1. The fourth-order valence-corrected chi connectivity index (χ4v) is 1.63. The average molecular weight is 306 g/mol. The Hall–Kier alpha value is -0.610. The van der Waals surface area contributed by atoms with Gasteiger partial charge in [-0.2, -0.15) is 0 Å². The van der Waals surface area contributed by atoms with E-state index >= 15 is 0 Å². The second kappa shape index (κ2) is 5.19. The summed E-state index contributed by atoms with van der Waals surface area (Å²) in [6.07, 6.45) is 0.748. The van der Waals surface area contributed by atoms with Gasteiger partial charge in [0.1, 0.15) is 5.69 Å². The van der Waals surface area contributed by atoms with Gasteiger partial charge < -0.3 is 4.90 Å². The van der Waals surface area contributed by atoms with Crippen LogP contribution in [0.4, 0.5) is 5.13 Å². The molecule has 0 bridgehead atoms. The van der Waals surface area contributed by atoms with E-state index in [0.29, 0.717) is 12.2 Å². The van der Waals surface area contributed by atoms with E-state index in [1.54, 1.807) is 5.38 Å². The molecule has 0 saturated heterocycles. The molecule has 0 spiro atoms. The number of thiazole rings is 1. The smallest absolute Gasteiger partial charge is 0.186 e. The number of rotatable bonds is 3. The van der Waals surface area contributed by atoms with E-state index in [1.165, 1.54) is 11.3 Å². The third-order valence-electron chi connectivity index (χ3n) is 1.34. The Balaban J connectivity index is 2.68. The maximum absolute atomic E-state index is 10.4. The summed E-state index contributed by atoms with van der Waals surface area (Å²) >= 11 is 3.44. The molecule has 0 atom stereocenters. The highest BCUT2D eigenvalue weighted by Gasteiger charge is 2.04. The van der Waals surface area contributed by atoms with Gasteiger partial charge in [-0.25, -0.2) is 4.98 Å². The number of nitrogens with zero attached hydrogens (tertiary/aromatic N) is 2. The summed E-state index contributed by atoms with van der Waals surface area (Å²) < 4.78 is 2.77. The lowest BCUT2D eigenvalue weighted by Gasteiger charge is -2.10. The van der Waals surface area contributed by atoms with Gasteiger partial charge >= 0.3 is 0 Å². The Kier molecular flexibility index (Phi) is 4.18. The molecule has 0 aliphatic heterocycles. The van der Waals surface area contributed by atoms with Crippen LogP contribution in [0.2, 0.25) is 0 Å². The van der Waals surface area contributed by atoms with Crippen molar-refractivity contribution in [2.45, 2.75) is 0 Å². The molecule has 13 heavy (non-hydrogen) atoms. The first-order chi connectivity index (χ1) is 6.27. The van der Waals surface area contributed by atoms with Gasteiger partial charge in [-0.3, -0.25) is 4.79 Å². The molecule has 0 unspecified atom stereocenters. The summed E-state index contributed by atoms with van der Waals surface area (Å²) in [4.78, 5) is 16.3. The maximum Gasteiger partial charge on any atom is 0.186 e. The van der Waals surface area contributed by atoms with E-state index in [-0.39, 0.29) is 0 Å². The number of aromatic nitrogens is 1. The van der Waals surface area contributed by atoms with Crippen LogP contribution in [0.15, 0.2) is 5.38 Å². The van der Waals surface area contributed by atoms with Crippen molar-refractivity contribution in [3.8, 4) is 9.85 Å². The summed E-state index contributed by atoms with van der Waals surface area (Å²) in [6, 6.07) is 0. The quantitative estimate of drug-likeness (QED) is 0.485. The number of halogens is 1. The van der Waals surface area contributed by atoms with E-state index in [4.69, 9.17) is 0 Å². The molecule has 1 heterocycles. The van der Waals surface area contributed by atoms with Gasteiger partial charge in [-0.05, 0) is 3.93 Å². The van der Waals surface area contributed by atoms with Crippen molar-refractivity contribution in [1.29, 1.82) is 0 Å². The molecule has 1 aromatic heterocycles. The lowest BCUT2D eigenvalue weighted by Crippen LogP contribution is -2.16. The van der Waals surface area contributed by atoms with Crippen LogP contribution < -0.4 is 4.90 Å². The number of hydrogen-bond donors (Lipinski definition) is 0. The van der Waals surface area contributed by atoms with E-state index < -0.39 is 0 Å². The zero-order chi connectivity index (χ0) is 9.68. The van der Waals surface area contributed by atoms with Crippen LogP contribution >= 0.6 is 33.9 Å². The number of carbonyl (C=O) groups is 1. The van der Waals surface area contributed by atoms with E-state index in [1.807, 2.05) is 34.5 Å². The van der Waals surface area contributed by atoms with E-state index in [0.717, 1.165) is 11.4 Å². The fraction of sp³-hybridized carbons (Fsp3) is 0.250. The average Bonchev–Trinajstić information content (AvgIpc) is 2.62. The first-order valence-corrected chi connectivity index (χ1v) is 5.44. The van der Waals surface area contributed by atoms with Gasteiger partial charge in [0.15, 0.2) is 11.4 Å². The molecule has 0 fully saturated rings. The second-order valence-corrected chi connectivity index (χ2v) is 3.68. The summed E-state index contributed by atoms with van der Waals surface area (Å²) in [5, 5.41) is 2.55. The minimum Gasteiger partial charge on any atom is -0.340 e. The second-order valence-electron chi connectivity index (χ2n) is 2.30. The maximum atomic E-state index is 10.4. The van der Waals surface area contributed by atoms with Gasteiger partial charge in [0, 0.05) is 35.0 Å². The molecule has 0 radical (unpaired) electrons. The Labute approximate surface area is 94.3 Å². The van der Waals surface area contributed by atoms with Crippen LogP contribution in [0.25, 0.3) is 0 Å². The normalized spacial score (nSPS) is 8.77. The Morgan fingerprint density at radius 3 is 3.15 bits per heavy atom. The fourth-order valence-electron chi connectivity index (χ4n) is 0.722. The van der Waals surface area contributed by atoms with Crippen LogP contribution in [-0.2, 0) is 0 Å². The van der Waals surface area contributed by atoms with Gasteiger partial charge in [0.05, 0.1) is 6.54 Å². The predicted molar refractivity (Wildman–Crippen MR) is 62.6 cm³/mol. The molecule has 0 aromatic carbocycles. The highest BCUT2D eigenvalue weighted by molar-refractivity contribution is 14.1. The summed E-state index contributed by atoms with van der Waals surface area (Å²) in [6.45, 7) is 0.634. The molecule has 0 amide bonds. The van der Waals surface area contributed by atoms with Crippen LogP contribution in [0.1, 0.15) is 10.5 Å². The molecule has 0 saturated carbocycles. The molecular formula is C8H7IN2OS. The lowest BCUT2D eigenvalue weighted by molar-refractivity contribution is 0.111. The van der Waals surface area contributed by atoms with Crippen LogP contribution in [-0.4, -0.2) is 24.9 Å². The van der Waals surface area contributed by atoms with Crippen molar-refractivity contribution < 1.29 is 4.79 Å². The lowest BCUT2D eigenvalue weighted by atomic mass is 10.6. The molecule has 0 N–H and O–H groups in total. The third kappa shape index (κ3) is 2.97. The standard InChI is InChI=1S/C8H7IN2OS/c1-11(4-2-3-9)8-10-7(5-12)6-13-8/h5-6H,4H2,1H3. The van der Waals surface area contributed by atoms with E-state index in [9.17, 15) is 4.79 Å². The predicted octanol–water partition coefficient (Wildman–Crippen LogP) is 1.79. The molecule has 1 rings (SSSR count).